The van der Waals surface area contributed by atoms with Crippen molar-refractivity contribution in [2.45, 2.75) is 56.8 Å². The Morgan fingerprint density at radius 1 is 1.48 bits per heavy atom. The molecule has 2 aliphatic rings. The number of terminal acetylenes is 1. The van der Waals surface area contributed by atoms with Crippen LogP contribution in [0.3, 0.4) is 0 Å². The average Bonchev–Trinajstić information content (AvgIpc) is 3.41. The van der Waals surface area contributed by atoms with Crippen LogP contribution in [0.5, 0.6) is 0 Å². The maximum atomic E-state index is 12.5. The first-order valence-electron chi connectivity index (χ1n) is 7.27. The van der Waals surface area contributed by atoms with Gasteiger partial charge in [-0.1, -0.05) is 0 Å². The maximum absolute atomic E-state index is 12.5. The van der Waals surface area contributed by atoms with E-state index in [0.29, 0.717) is 31.8 Å². The van der Waals surface area contributed by atoms with E-state index in [0.717, 1.165) is 24.1 Å². The monoisotopic (exact) mass is 302 g/mol. The molecule has 1 aliphatic heterocycles. The summed E-state index contributed by atoms with van der Waals surface area (Å²) in [5.74, 6) is 2.81. The van der Waals surface area contributed by atoms with Gasteiger partial charge >= 0.3 is 0 Å². The molecule has 0 unspecified atom stereocenters. The van der Waals surface area contributed by atoms with E-state index in [2.05, 4.69) is 21.1 Å². The zero-order valence-corrected chi connectivity index (χ0v) is 12.7. The molecule has 0 saturated heterocycles. The Hall–Kier alpha value is -1.74. The minimum absolute atomic E-state index is 0.197. The van der Waals surface area contributed by atoms with Gasteiger partial charge in [0.1, 0.15) is 0 Å². The lowest BCUT2D eigenvalue weighted by atomic mass is 10.0. The van der Waals surface area contributed by atoms with E-state index in [-0.39, 0.29) is 11.6 Å². The van der Waals surface area contributed by atoms with Crippen molar-refractivity contribution in [3.8, 4) is 12.3 Å². The van der Waals surface area contributed by atoms with Crippen LogP contribution >= 0.6 is 11.3 Å². The van der Waals surface area contributed by atoms with Crippen LogP contribution in [-0.2, 0) is 11.3 Å². The second-order valence-electron chi connectivity index (χ2n) is 5.61. The smallest absolute Gasteiger partial charge is 0.223 e. The third-order valence-corrected chi connectivity index (χ3v) is 4.67. The number of carbonyl (C=O) groups is 1. The molecule has 3 rings (SSSR count). The van der Waals surface area contributed by atoms with E-state index in [4.69, 9.17) is 6.42 Å². The molecule has 1 fully saturated rings. The Labute approximate surface area is 128 Å². The van der Waals surface area contributed by atoms with Crippen LogP contribution < -0.4 is 0 Å². The predicted octanol–water partition coefficient (Wildman–Crippen LogP) is 2.99. The van der Waals surface area contributed by atoms with Crippen LogP contribution in [0, 0.1) is 12.3 Å². The van der Waals surface area contributed by atoms with E-state index >= 15 is 0 Å². The van der Waals surface area contributed by atoms with Crippen LogP contribution in [0.2, 0.25) is 0 Å². The summed E-state index contributed by atoms with van der Waals surface area (Å²) in [5, 5.41) is 8.18. The van der Waals surface area contributed by atoms with Gasteiger partial charge in [-0.25, -0.2) is 0 Å². The SMILES string of the molecule is C#CCCC1(CCC(=O)N(Cc2cncs2)C2CC2)N=N1. The van der Waals surface area contributed by atoms with Crippen LogP contribution in [0.4, 0.5) is 0 Å². The fraction of sp³-hybridized carbons (Fsp3) is 0.600. The fourth-order valence-electron chi connectivity index (χ4n) is 2.41. The normalized spacial score (nSPS) is 18.2. The van der Waals surface area contributed by atoms with Crippen LogP contribution in [0.15, 0.2) is 21.9 Å². The fourth-order valence-corrected chi connectivity index (χ4v) is 3.01. The molecule has 2 heterocycles. The highest BCUT2D eigenvalue weighted by Gasteiger charge is 2.40. The van der Waals surface area contributed by atoms with Gasteiger partial charge < -0.3 is 4.90 Å². The largest absolute Gasteiger partial charge is 0.335 e. The molecule has 0 atom stereocenters. The average molecular weight is 302 g/mol. The summed E-state index contributed by atoms with van der Waals surface area (Å²) in [5.41, 5.74) is 1.45. The van der Waals surface area contributed by atoms with E-state index in [9.17, 15) is 4.79 Å². The lowest BCUT2D eigenvalue weighted by Crippen LogP contribution is -2.33. The Morgan fingerprint density at radius 2 is 2.29 bits per heavy atom. The molecule has 1 aliphatic carbocycles. The molecule has 1 aromatic rings. The quantitative estimate of drug-likeness (QED) is 0.693. The second-order valence-corrected chi connectivity index (χ2v) is 6.58. The molecule has 1 saturated carbocycles. The lowest BCUT2D eigenvalue weighted by molar-refractivity contribution is -0.132. The van der Waals surface area contributed by atoms with Gasteiger partial charge in [-0.15, -0.1) is 23.7 Å². The van der Waals surface area contributed by atoms with Gasteiger partial charge in [-0.2, -0.15) is 10.2 Å². The summed E-state index contributed by atoms with van der Waals surface area (Å²) < 4.78 is 0. The van der Waals surface area contributed by atoms with E-state index in [1.54, 1.807) is 11.3 Å². The first kappa shape index (κ1) is 14.2. The summed E-state index contributed by atoms with van der Waals surface area (Å²) in [6, 6.07) is 0.411. The third kappa shape index (κ3) is 3.67. The number of hydrogen-bond acceptors (Lipinski definition) is 5. The van der Waals surface area contributed by atoms with E-state index in [1.165, 1.54) is 0 Å². The number of rotatable bonds is 8. The Kier molecular flexibility index (Phi) is 4.02. The summed E-state index contributed by atoms with van der Waals surface area (Å²) in [4.78, 5) is 19.7. The van der Waals surface area contributed by atoms with E-state index < -0.39 is 0 Å². The van der Waals surface area contributed by atoms with Gasteiger partial charge in [0.25, 0.3) is 0 Å². The van der Waals surface area contributed by atoms with Crippen molar-refractivity contribution in [1.29, 1.82) is 0 Å². The molecule has 0 bridgehead atoms. The maximum Gasteiger partial charge on any atom is 0.223 e. The molecule has 5 nitrogen and oxygen atoms in total. The molecular formula is C15H18N4OS. The molecule has 1 aromatic heterocycles. The standard InChI is InChI=1S/C15H18N4OS/c1-2-3-7-15(17-18-15)8-6-14(20)19(12-4-5-12)10-13-9-16-11-21-13/h1,9,11-12H,3-8,10H2. The summed E-state index contributed by atoms with van der Waals surface area (Å²) in [6.07, 6.45) is 11.9. The summed E-state index contributed by atoms with van der Waals surface area (Å²) >= 11 is 1.60. The Balaban J connectivity index is 1.52. The Bertz CT molecular complexity index is 565. The molecule has 6 heteroatoms. The minimum Gasteiger partial charge on any atom is -0.335 e. The molecule has 0 aromatic carbocycles. The molecule has 21 heavy (non-hydrogen) atoms. The molecule has 0 radical (unpaired) electrons. The summed E-state index contributed by atoms with van der Waals surface area (Å²) in [6.45, 7) is 0.680. The van der Waals surface area contributed by atoms with E-state index in [1.807, 2.05) is 16.6 Å². The number of nitrogens with zero attached hydrogens (tertiary/aromatic N) is 4. The van der Waals surface area contributed by atoms with Gasteiger partial charge in [-0.3, -0.25) is 9.78 Å². The van der Waals surface area contributed by atoms with Crippen LogP contribution in [-0.4, -0.2) is 27.5 Å². The van der Waals surface area contributed by atoms with Crippen molar-refractivity contribution in [3.63, 3.8) is 0 Å². The minimum atomic E-state index is -0.359. The first-order valence-corrected chi connectivity index (χ1v) is 8.15. The topological polar surface area (TPSA) is 57.9 Å². The Morgan fingerprint density at radius 3 is 2.86 bits per heavy atom. The van der Waals surface area contributed by atoms with Crippen molar-refractivity contribution in [2.75, 3.05) is 0 Å². The molecule has 0 N–H and O–H groups in total. The highest BCUT2D eigenvalue weighted by molar-refractivity contribution is 7.09. The first-order chi connectivity index (χ1) is 10.2. The van der Waals surface area contributed by atoms with Crippen molar-refractivity contribution < 1.29 is 4.79 Å². The van der Waals surface area contributed by atoms with Gasteiger partial charge in [0, 0.05) is 42.8 Å². The number of hydrogen-bond donors (Lipinski definition) is 0. The summed E-state index contributed by atoms with van der Waals surface area (Å²) in [7, 11) is 0. The van der Waals surface area contributed by atoms with Gasteiger partial charge in [0.2, 0.25) is 5.91 Å². The molecular weight excluding hydrogens is 284 g/mol. The zero-order valence-electron chi connectivity index (χ0n) is 11.9. The number of thiazole rings is 1. The lowest BCUT2D eigenvalue weighted by Gasteiger charge is -2.22. The van der Waals surface area contributed by atoms with Crippen molar-refractivity contribution in [3.05, 3.63) is 16.6 Å². The van der Waals surface area contributed by atoms with Gasteiger partial charge in [0.15, 0.2) is 5.66 Å². The third-order valence-electron chi connectivity index (χ3n) is 3.91. The van der Waals surface area contributed by atoms with Gasteiger partial charge in [-0.05, 0) is 12.8 Å². The number of carbonyl (C=O) groups excluding carboxylic acids is 1. The van der Waals surface area contributed by atoms with Crippen LogP contribution in [0.25, 0.3) is 0 Å². The molecule has 1 amide bonds. The number of aromatic nitrogens is 1. The van der Waals surface area contributed by atoms with Crippen molar-refractivity contribution in [1.82, 2.24) is 9.88 Å². The van der Waals surface area contributed by atoms with Crippen molar-refractivity contribution in [2.24, 2.45) is 10.2 Å². The highest BCUT2D eigenvalue weighted by atomic mass is 32.1. The van der Waals surface area contributed by atoms with Crippen LogP contribution in [0.1, 0.15) is 43.4 Å². The number of amides is 1. The second kappa shape index (κ2) is 5.94. The predicted molar refractivity (Wildman–Crippen MR) is 80.6 cm³/mol. The zero-order chi connectivity index (χ0) is 14.7. The van der Waals surface area contributed by atoms with Crippen molar-refractivity contribution >= 4 is 17.2 Å². The molecule has 0 spiro atoms. The highest BCUT2D eigenvalue weighted by Crippen LogP contribution is 2.38. The molecule has 110 valence electrons. The van der Waals surface area contributed by atoms with Gasteiger partial charge in [0.05, 0.1) is 12.1 Å².